The molecule has 1 atom stereocenters. The number of anilines is 1. The lowest BCUT2D eigenvalue weighted by Crippen LogP contribution is -2.51. The molecule has 1 N–H and O–H groups in total. The van der Waals surface area contributed by atoms with Crippen LogP contribution in [0.4, 0.5) is 10.2 Å². The maximum Gasteiger partial charge on any atom is 0.170 e. The van der Waals surface area contributed by atoms with Crippen LogP contribution < -0.4 is 10.2 Å². The zero-order valence-electron chi connectivity index (χ0n) is 12.7. The van der Waals surface area contributed by atoms with Crippen molar-refractivity contribution < 1.29 is 4.39 Å². The second-order valence-electron chi connectivity index (χ2n) is 5.59. The van der Waals surface area contributed by atoms with Gasteiger partial charge in [-0.25, -0.2) is 9.37 Å². The third kappa shape index (κ3) is 3.46. The summed E-state index contributed by atoms with van der Waals surface area (Å²) in [4.78, 5) is 8.62. The number of hydrogen-bond donors (Lipinski definition) is 1. The van der Waals surface area contributed by atoms with Crippen LogP contribution in [0.2, 0.25) is 0 Å². The Hall–Kier alpha value is -1.20. The Labute approximate surface area is 121 Å². The van der Waals surface area contributed by atoms with Gasteiger partial charge < -0.3 is 15.1 Å². The fraction of sp³-hybridized carbons (Fsp3) is 0.667. The molecule has 5 heteroatoms. The third-order valence-electron chi connectivity index (χ3n) is 3.80. The van der Waals surface area contributed by atoms with Gasteiger partial charge in [0.05, 0.1) is 0 Å². The molecule has 1 unspecified atom stereocenters. The van der Waals surface area contributed by atoms with Crippen LogP contribution in [0.25, 0.3) is 0 Å². The lowest BCUT2D eigenvalue weighted by molar-refractivity contribution is 0.273. The lowest BCUT2D eigenvalue weighted by atomic mass is 10.1. The Morgan fingerprint density at radius 3 is 2.95 bits per heavy atom. The summed E-state index contributed by atoms with van der Waals surface area (Å²) in [6, 6.07) is 2.05. The van der Waals surface area contributed by atoms with E-state index < -0.39 is 0 Å². The van der Waals surface area contributed by atoms with Crippen molar-refractivity contribution in [3.05, 3.63) is 23.6 Å². The topological polar surface area (TPSA) is 31.4 Å². The zero-order chi connectivity index (χ0) is 14.5. The number of piperazine rings is 1. The summed E-state index contributed by atoms with van der Waals surface area (Å²) in [6.07, 6.45) is 2.77. The van der Waals surface area contributed by atoms with Crippen molar-refractivity contribution in [2.45, 2.75) is 32.9 Å². The minimum Gasteiger partial charge on any atom is -0.349 e. The quantitative estimate of drug-likeness (QED) is 0.834. The van der Waals surface area contributed by atoms with Crippen LogP contribution in [0.5, 0.6) is 0 Å². The second kappa shape index (κ2) is 6.99. The van der Waals surface area contributed by atoms with Gasteiger partial charge in [0.2, 0.25) is 0 Å². The highest BCUT2D eigenvalue weighted by atomic mass is 19.1. The molecule has 0 saturated carbocycles. The van der Waals surface area contributed by atoms with Crippen molar-refractivity contribution in [2.75, 3.05) is 38.1 Å². The Kier molecular flexibility index (Phi) is 5.31. The van der Waals surface area contributed by atoms with Crippen LogP contribution in [0.3, 0.4) is 0 Å². The van der Waals surface area contributed by atoms with Gasteiger partial charge in [-0.05, 0) is 33.0 Å². The van der Waals surface area contributed by atoms with Crippen LogP contribution in [-0.4, -0.2) is 49.2 Å². The first-order chi connectivity index (χ1) is 9.63. The van der Waals surface area contributed by atoms with E-state index in [-0.39, 0.29) is 11.9 Å². The monoisotopic (exact) mass is 280 g/mol. The highest BCUT2D eigenvalue weighted by Crippen LogP contribution is 2.23. The largest absolute Gasteiger partial charge is 0.349 e. The lowest BCUT2D eigenvalue weighted by Gasteiger charge is -2.39. The molecule has 1 saturated heterocycles. The van der Waals surface area contributed by atoms with Crippen LogP contribution in [0.1, 0.15) is 25.8 Å². The van der Waals surface area contributed by atoms with Crippen molar-refractivity contribution in [3.8, 4) is 0 Å². The number of nitrogens with zero attached hydrogens (tertiary/aromatic N) is 3. The fourth-order valence-electron chi connectivity index (χ4n) is 2.66. The molecule has 1 aromatic heterocycles. The SMILES string of the molecule is CCCNCc1ccnc(N2CCN(C)CC2C)c1F. The van der Waals surface area contributed by atoms with E-state index in [1.165, 1.54) is 0 Å². The molecule has 2 rings (SSSR count). The van der Waals surface area contributed by atoms with Gasteiger partial charge in [0.15, 0.2) is 11.6 Å². The highest BCUT2D eigenvalue weighted by Gasteiger charge is 2.25. The van der Waals surface area contributed by atoms with Gasteiger partial charge in [-0.3, -0.25) is 0 Å². The molecular formula is C15H25FN4. The molecule has 0 radical (unpaired) electrons. The van der Waals surface area contributed by atoms with Crippen molar-refractivity contribution in [2.24, 2.45) is 0 Å². The molecule has 0 aliphatic carbocycles. The Bertz CT molecular complexity index is 438. The Morgan fingerprint density at radius 1 is 1.45 bits per heavy atom. The van der Waals surface area contributed by atoms with Crippen molar-refractivity contribution in [1.82, 2.24) is 15.2 Å². The average Bonchev–Trinajstić information content (AvgIpc) is 2.42. The molecule has 0 bridgehead atoms. The normalized spacial score (nSPS) is 20.4. The summed E-state index contributed by atoms with van der Waals surface area (Å²) in [5, 5.41) is 3.25. The van der Waals surface area contributed by atoms with Crippen molar-refractivity contribution >= 4 is 5.82 Å². The summed E-state index contributed by atoms with van der Waals surface area (Å²) in [5.74, 6) is 0.328. The van der Waals surface area contributed by atoms with Gasteiger partial charge in [-0.2, -0.15) is 0 Å². The molecule has 1 aliphatic rings. The van der Waals surface area contributed by atoms with E-state index in [1.807, 2.05) is 0 Å². The van der Waals surface area contributed by atoms with E-state index in [2.05, 4.69) is 41.0 Å². The molecule has 2 heterocycles. The van der Waals surface area contributed by atoms with E-state index in [0.29, 0.717) is 17.9 Å². The fourth-order valence-corrected chi connectivity index (χ4v) is 2.66. The first kappa shape index (κ1) is 15.2. The summed E-state index contributed by atoms with van der Waals surface area (Å²) >= 11 is 0. The van der Waals surface area contributed by atoms with Gasteiger partial charge in [0, 0.05) is 44.0 Å². The molecule has 4 nitrogen and oxygen atoms in total. The van der Waals surface area contributed by atoms with Gasteiger partial charge in [0.1, 0.15) is 0 Å². The minimum atomic E-state index is -0.174. The van der Waals surface area contributed by atoms with Crippen molar-refractivity contribution in [3.63, 3.8) is 0 Å². The molecule has 1 aromatic rings. The first-order valence-electron chi connectivity index (χ1n) is 7.42. The molecule has 0 aromatic carbocycles. The zero-order valence-corrected chi connectivity index (χ0v) is 12.7. The molecule has 0 amide bonds. The van der Waals surface area contributed by atoms with E-state index in [0.717, 1.165) is 32.6 Å². The van der Waals surface area contributed by atoms with Crippen molar-refractivity contribution in [1.29, 1.82) is 0 Å². The number of rotatable bonds is 5. The number of nitrogens with one attached hydrogen (secondary N) is 1. The predicted molar refractivity (Wildman–Crippen MR) is 80.5 cm³/mol. The molecule has 1 aliphatic heterocycles. The molecular weight excluding hydrogens is 255 g/mol. The molecule has 1 fully saturated rings. The van der Waals surface area contributed by atoms with Gasteiger partial charge in [-0.15, -0.1) is 0 Å². The number of halogens is 1. The number of hydrogen-bond acceptors (Lipinski definition) is 4. The highest BCUT2D eigenvalue weighted by molar-refractivity contribution is 5.44. The smallest absolute Gasteiger partial charge is 0.170 e. The van der Waals surface area contributed by atoms with Gasteiger partial charge >= 0.3 is 0 Å². The van der Waals surface area contributed by atoms with Gasteiger partial charge in [-0.1, -0.05) is 6.92 Å². The van der Waals surface area contributed by atoms with Crippen LogP contribution >= 0.6 is 0 Å². The summed E-state index contributed by atoms with van der Waals surface area (Å²) in [6.45, 7) is 8.42. The maximum atomic E-state index is 14.6. The Balaban J connectivity index is 2.13. The van der Waals surface area contributed by atoms with E-state index >= 15 is 0 Å². The van der Waals surface area contributed by atoms with E-state index in [4.69, 9.17) is 0 Å². The summed E-state index contributed by atoms with van der Waals surface area (Å²) < 4.78 is 14.6. The number of likely N-dealkylation sites (N-methyl/N-ethyl adjacent to an activating group) is 1. The Morgan fingerprint density at radius 2 is 2.25 bits per heavy atom. The van der Waals surface area contributed by atoms with Crippen LogP contribution in [0.15, 0.2) is 12.3 Å². The predicted octanol–water partition coefficient (Wildman–Crippen LogP) is 1.86. The standard InChI is InChI=1S/C15H25FN4/c1-4-6-17-10-13-5-7-18-15(14(13)16)20-9-8-19(3)11-12(20)2/h5,7,12,17H,4,6,8-11H2,1-3H3. The summed E-state index contributed by atoms with van der Waals surface area (Å²) in [5.41, 5.74) is 0.703. The third-order valence-corrected chi connectivity index (χ3v) is 3.80. The average molecular weight is 280 g/mol. The van der Waals surface area contributed by atoms with Crippen LogP contribution in [-0.2, 0) is 6.54 Å². The number of aromatic nitrogens is 1. The van der Waals surface area contributed by atoms with E-state index in [9.17, 15) is 4.39 Å². The van der Waals surface area contributed by atoms with E-state index in [1.54, 1.807) is 12.3 Å². The first-order valence-corrected chi connectivity index (χ1v) is 7.42. The summed E-state index contributed by atoms with van der Waals surface area (Å²) in [7, 11) is 2.10. The maximum absolute atomic E-state index is 14.6. The molecule has 112 valence electrons. The minimum absolute atomic E-state index is 0.174. The molecule has 0 spiro atoms. The number of pyridine rings is 1. The second-order valence-corrected chi connectivity index (χ2v) is 5.59. The van der Waals surface area contributed by atoms with Gasteiger partial charge in [0.25, 0.3) is 0 Å². The van der Waals surface area contributed by atoms with Crippen LogP contribution in [0, 0.1) is 5.82 Å². The molecule has 20 heavy (non-hydrogen) atoms.